The van der Waals surface area contributed by atoms with Crippen LogP contribution in [0.5, 0.6) is 0 Å². The maximum Gasteiger partial charge on any atom is 0.124 e. The highest BCUT2D eigenvalue weighted by atomic mass is 79.9. The van der Waals surface area contributed by atoms with E-state index in [1.54, 1.807) is 23.3 Å². The van der Waals surface area contributed by atoms with Crippen molar-refractivity contribution in [3.05, 3.63) is 58.6 Å². The molecule has 3 rings (SSSR count). The fraction of sp³-hybridized carbons (Fsp3) is 0.200. The van der Waals surface area contributed by atoms with Crippen molar-refractivity contribution in [1.82, 2.24) is 14.8 Å². The van der Waals surface area contributed by atoms with Gasteiger partial charge >= 0.3 is 0 Å². The third kappa shape index (κ3) is 2.13. The quantitative estimate of drug-likeness (QED) is 0.801. The number of aliphatic hydroxyl groups is 1. The number of fused-ring (bicyclic) bond motifs is 1. The molecule has 1 atom stereocenters. The number of aryl methyl sites for hydroxylation is 1. The van der Waals surface area contributed by atoms with Crippen LogP contribution in [0.25, 0.3) is 10.8 Å². The van der Waals surface area contributed by atoms with Gasteiger partial charge < -0.3 is 5.11 Å². The molecule has 2 heterocycles. The van der Waals surface area contributed by atoms with Crippen LogP contribution in [0, 0.1) is 0 Å². The van der Waals surface area contributed by atoms with E-state index in [9.17, 15) is 5.11 Å². The van der Waals surface area contributed by atoms with Crippen molar-refractivity contribution < 1.29 is 5.11 Å². The zero-order chi connectivity index (χ0) is 14.1. The van der Waals surface area contributed by atoms with Crippen LogP contribution >= 0.6 is 15.9 Å². The van der Waals surface area contributed by atoms with Crippen LogP contribution in [-0.4, -0.2) is 19.9 Å². The number of halogens is 1. The van der Waals surface area contributed by atoms with Crippen LogP contribution in [0.2, 0.25) is 0 Å². The van der Waals surface area contributed by atoms with E-state index in [1.165, 1.54) is 0 Å². The average molecular weight is 332 g/mol. The summed E-state index contributed by atoms with van der Waals surface area (Å²) in [5.74, 6) is 0. The summed E-state index contributed by atoms with van der Waals surface area (Å²) in [4.78, 5) is 4.22. The Morgan fingerprint density at radius 3 is 2.85 bits per heavy atom. The predicted molar refractivity (Wildman–Crippen MR) is 81.4 cm³/mol. The second kappa shape index (κ2) is 5.34. The fourth-order valence-corrected chi connectivity index (χ4v) is 2.91. The molecule has 0 radical (unpaired) electrons. The summed E-state index contributed by atoms with van der Waals surface area (Å²) in [6, 6.07) is 7.91. The summed E-state index contributed by atoms with van der Waals surface area (Å²) in [5, 5.41) is 17.0. The monoisotopic (exact) mass is 331 g/mol. The Morgan fingerprint density at radius 1 is 1.25 bits per heavy atom. The first kappa shape index (κ1) is 13.3. The number of aromatic nitrogens is 3. The summed E-state index contributed by atoms with van der Waals surface area (Å²) in [6.07, 6.45) is 4.47. The van der Waals surface area contributed by atoms with Gasteiger partial charge in [-0.05, 0) is 28.2 Å². The lowest BCUT2D eigenvalue weighted by molar-refractivity contribution is 0.208. The molecule has 20 heavy (non-hydrogen) atoms. The van der Waals surface area contributed by atoms with E-state index < -0.39 is 6.10 Å². The fourth-order valence-electron chi connectivity index (χ4n) is 2.40. The topological polar surface area (TPSA) is 50.9 Å². The lowest BCUT2D eigenvalue weighted by Crippen LogP contribution is -2.10. The van der Waals surface area contributed by atoms with Crippen molar-refractivity contribution in [2.24, 2.45) is 0 Å². The van der Waals surface area contributed by atoms with Gasteiger partial charge in [0.1, 0.15) is 6.10 Å². The molecule has 0 saturated heterocycles. The van der Waals surface area contributed by atoms with E-state index in [0.29, 0.717) is 6.54 Å². The zero-order valence-electron chi connectivity index (χ0n) is 11.0. The first-order valence-corrected chi connectivity index (χ1v) is 7.23. The molecule has 5 heteroatoms. The summed E-state index contributed by atoms with van der Waals surface area (Å²) in [5.41, 5.74) is 1.55. The van der Waals surface area contributed by atoms with Gasteiger partial charge in [0.2, 0.25) is 0 Å². The molecule has 102 valence electrons. The number of nitrogens with zero attached hydrogens (tertiary/aromatic N) is 3. The van der Waals surface area contributed by atoms with Gasteiger partial charge in [-0.1, -0.05) is 24.3 Å². The van der Waals surface area contributed by atoms with E-state index in [-0.39, 0.29) is 0 Å². The van der Waals surface area contributed by atoms with Crippen LogP contribution in [0.1, 0.15) is 24.3 Å². The molecular weight excluding hydrogens is 318 g/mol. The summed E-state index contributed by atoms with van der Waals surface area (Å²) < 4.78 is 2.59. The van der Waals surface area contributed by atoms with Gasteiger partial charge in [0.15, 0.2) is 0 Å². The van der Waals surface area contributed by atoms with Crippen LogP contribution in [0.4, 0.5) is 0 Å². The Kier molecular flexibility index (Phi) is 3.54. The average Bonchev–Trinajstić information content (AvgIpc) is 2.87. The van der Waals surface area contributed by atoms with Gasteiger partial charge in [-0.3, -0.25) is 9.67 Å². The van der Waals surface area contributed by atoms with E-state index in [1.807, 2.05) is 31.2 Å². The molecule has 0 saturated carbocycles. The molecular formula is C15H14BrN3O. The lowest BCUT2D eigenvalue weighted by Gasteiger charge is -2.15. The first-order valence-electron chi connectivity index (χ1n) is 6.44. The number of rotatable bonds is 3. The minimum Gasteiger partial charge on any atom is -0.382 e. The number of benzene rings is 1. The van der Waals surface area contributed by atoms with Crippen molar-refractivity contribution in [3.8, 4) is 0 Å². The largest absolute Gasteiger partial charge is 0.382 e. The third-order valence-electron chi connectivity index (χ3n) is 3.39. The van der Waals surface area contributed by atoms with Crippen LogP contribution in [-0.2, 0) is 6.54 Å². The number of aliphatic hydroxyl groups excluding tert-OH is 1. The smallest absolute Gasteiger partial charge is 0.124 e. The number of hydrogen-bond acceptors (Lipinski definition) is 3. The van der Waals surface area contributed by atoms with E-state index in [0.717, 1.165) is 26.5 Å². The Hall–Kier alpha value is -1.72. The molecule has 1 unspecified atom stereocenters. The molecule has 0 fully saturated rings. The van der Waals surface area contributed by atoms with Gasteiger partial charge in [0.05, 0.1) is 16.4 Å². The lowest BCUT2D eigenvalue weighted by atomic mass is 10.0. The highest BCUT2D eigenvalue weighted by Gasteiger charge is 2.21. The van der Waals surface area contributed by atoms with Gasteiger partial charge in [-0.15, -0.1) is 0 Å². The van der Waals surface area contributed by atoms with Crippen molar-refractivity contribution in [3.63, 3.8) is 0 Å². The van der Waals surface area contributed by atoms with E-state index in [2.05, 4.69) is 26.0 Å². The predicted octanol–water partition coefficient (Wildman–Crippen LogP) is 3.30. The third-order valence-corrected chi connectivity index (χ3v) is 4.00. The molecule has 0 amide bonds. The number of hydrogen-bond donors (Lipinski definition) is 1. The van der Waals surface area contributed by atoms with Crippen molar-refractivity contribution in [2.45, 2.75) is 19.6 Å². The SMILES string of the molecule is CCn1ncc(Br)c1C(O)c1cncc2ccccc12. The zero-order valence-corrected chi connectivity index (χ0v) is 12.6. The molecule has 1 N–H and O–H groups in total. The van der Waals surface area contributed by atoms with E-state index >= 15 is 0 Å². The Balaban J connectivity index is 2.17. The maximum atomic E-state index is 10.7. The molecule has 0 aliphatic heterocycles. The molecule has 1 aromatic carbocycles. The molecule has 2 aromatic heterocycles. The number of pyridine rings is 1. The van der Waals surface area contributed by atoms with Gasteiger partial charge in [0, 0.05) is 29.9 Å². The van der Waals surface area contributed by atoms with Gasteiger partial charge in [-0.25, -0.2) is 0 Å². The molecule has 3 aromatic rings. The van der Waals surface area contributed by atoms with Crippen molar-refractivity contribution in [1.29, 1.82) is 0 Å². The second-order valence-electron chi connectivity index (χ2n) is 4.55. The summed E-state index contributed by atoms with van der Waals surface area (Å²) in [6.45, 7) is 2.70. The molecule has 4 nitrogen and oxygen atoms in total. The first-order chi connectivity index (χ1) is 9.72. The Bertz CT molecular complexity index is 748. The molecule has 0 bridgehead atoms. The van der Waals surface area contributed by atoms with Crippen LogP contribution in [0.15, 0.2) is 47.3 Å². The Morgan fingerprint density at radius 2 is 2.05 bits per heavy atom. The highest BCUT2D eigenvalue weighted by molar-refractivity contribution is 9.10. The molecule has 0 aliphatic carbocycles. The normalized spacial score (nSPS) is 12.8. The second-order valence-corrected chi connectivity index (χ2v) is 5.40. The Labute approximate surface area is 125 Å². The van der Waals surface area contributed by atoms with Gasteiger partial charge in [0.25, 0.3) is 0 Å². The highest BCUT2D eigenvalue weighted by Crippen LogP contribution is 2.31. The van der Waals surface area contributed by atoms with Crippen LogP contribution < -0.4 is 0 Å². The summed E-state index contributed by atoms with van der Waals surface area (Å²) >= 11 is 3.46. The summed E-state index contributed by atoms with van der Waals surface area (Å²) in [7, 11) is 0. The minimum atomic E-state index is -0.759. The maximum absolute atomic E-state index is 10.7. The van der Waals surface area contributed by atoms with Crippen molar-refractivity contribution >= 4 is 26.7 Å². The van der Waals surface area contributed by atoms with Crippen molar-refractivity contribution in [2.75, 3.05) is 0 Å². The molecule has 0 spiro atoms. The minimum absolute atomic E-state index is 0.705. The molecule has 0 aliphatic rings. The van der Waals surface area contributed by atoms with Gasteiger partial charge in [-0.2, -0.15) is 5.10 Å². The van der Waals surface area contributed by atoms with E-state index in [4.69, 9.17) is 0 Å². The standard InChI is InChI=1S/C15H14BrN3O/c1-2-19-14(13(16)9-18-19)15(20)12-8-17-7-10-5-3-4-6-11(10)12/h3-9,15,20H,2H2,1H3. The van der Waals surface area contributed by atoms with Crippen LogP contribution in [0.3, 0.4) is 0 Å².